The molecule has 1 aromatic rings. The van der Waals surface area contributed by atoms with Gasteiger partial charge in [0.1, 0.15) is 5.82 Å². The zero-order valence-corrected chi connectivity index (χ0v) is 8.24. The first-order valence-corrected chi connectivity index (χ1v) is 4.42. The number of ether oxygens (including phenoxy) is 1. The highest BCUT2D eigenvalue weighted by Crippen LogP contribution is 2.04. The van der Waals surface area contributed by atoms with Crippen LogP contribution in [0.4, 0.5) is 4.39 Å². The fourth-order valence-corrected chi connectivity index (χ4v) is 1.07. The van der Waals surface area contributed by atoms with Crippen molar-refractivity contribution in [2.75, 3.05) is 6.61 Å². The van der Waals surface area contributed by atoms with E-state index < -0.39 is 12.1 Å². The van der Waals surface area contributed by atoms with Crippen LogP contribution in [-0.4, -0.2) is 28.3 Å². The van der Waals surface area contributed by atoms with Gasteiger partial charge in [-0.2, -0.15) is 0 Å². The van der Waals surface area contributed by atoms with E-state index in [1.54, 1.807) is 30.9 Å². The van der Waals surface area contributed by atoms with Crippen LogP contribution in [-0.2, 0) is 23.0 Å². The van der Waals surface area contributed by atoms with E-state index in [9.17, 15) is 9.18 Å². The number of esters is 1. The number of carbonyl (C=O) groups is 1. The average molecular weight is 200 g/mol. The highest BCUT2D eigenvalue weighted by Gasteiger charge is 2.20. The molecule has 0 bridgehead atoms. The van der Waals surface area contributed by atoms with Crippen molar-refractivity contribution in [2.24, 2.45) is 7.05 Å². The van der Waals surface area contributed by atoms with Crippen molar-refractivity contribution in [1.29, 1.82) is 0 Å². The molecule has 14 heavy (non-hydrogen) atoms. The van der Waals surface area contributed by atoms with Gasteiger partial charge in [0.2, 0.25) is 6.17 Å². The maximum absolute atomic E-state index is 13.2. The summed E-state index contributed by atoms with van der Waals surface area (Å²) in [7, 11) is 1.75. The Bertz CT molecular complexity index is 312. The number of aromatic nitrogens is 2. The van der Waals surface area contributed by atoms with Crippen LogP contribution < -0.4 is 0 Å². The molecule has 0 N–H and O–H groups in total. The van der Waals surface area contributed by atoms with Gasteiger partial charge in [0.15, 0.2) is 0 Å². The average Bonchev–Trinajstić information content (AvgIpc) is 2.52. The van der Waals surface area contributed by atoms with Crippen LogP contribution in [0.3, 0.4) is 0 Å². The van der Waals surface area contributed by atoms with Gasteiger partial charge >= 0.3 is 5.97 Å². The number of rotatable bonds is 4. The maximum Gasteiger partial charge on any atom is 0.341 e. The van der Waals surface area contributed by atoms with Crippen molar-refractivity contribution < 1.29 is 13.9 Å². The summed E-state index contributed by atoms with van der Waals surface area (Å²) < 4.78 is 19.4. The Kier molecular flexibility index (Phi) is 3.62. The van der Waals surface area contributed by atoms with Crippen molar-refractivity contribution in [3.8, 4) is 0 Å². The second-order valence-electron chi connectivity index (χ2n) is 2.88. The third-order valence-electron chi connectivity index (χ3n) is 1.83. The Morgan fingerprint density at radius 1 is 1.79 bits per heavy atom. The molecule has 1 rings (SSSR count). The van der Waals surface area contributed by atoms with Crippen molar-refractivity contribution in [1.82, 2.24) is 9.55 Å². The molecule has 4 nitrogen and oxygen atoms in total. The van der Waals surface area contributed by atoms with E-state index in [0.29, 0.717) is 5.82 Å². The molecular weight excluding hydrogens is 187 g/mol. The molecule has 1 unspecified atom stereocenters. The van der Waals surface area contributed by atoms with Crippen molar-refractivity contribution in [2.45, 2.75) is 19.5 Å². The lowest BCUT2D eigenvalue weighted by atomic mass is 10.2. The van der Waals surface area contributed by atoms with Gasteiger partial charge in [0.25, 0.3) is 0 Å². The lowest BCUT2D eigenvalue weighted by Crippen LogP contribution is -2.22. The standard InChI is InChI=1S/C9H13FN2O2/c1-3-14-9(13)7(10)6-8-11-4-5-12(8)2/h4-5,7H,3,6H2,1-2H3. The van der Waals surface area contributed by atoms with Gasteiger partial charge in [-0.05, 0) is 6.92 Å². The minimum absolute atomic E-state index is 0.0394. The highest BCUT2D eigenvalue weighted by molar-refractivity contribution is 5.74. The number of hydrogen-bond donors (Lipinski definition) is 0. The van der Waals surface area contributed by atoms with Gasteiger partial charge in [-0.25, -0.2) is 14.2 Å². The first-order chi connectivity index (χ1) is 6.65. The fourth-order valence-electron chi connectivity index (χ4n) is 1.07. The second-order valence-corrected chi connectivity index (χ2v) is 2.88. The minimum Gasteiger partial charge on any atom is -0.464 e. The van der Waals surface area contributed by atoms with Crippen LogP contribution in [0, 0.1) is 0 Å². The molecule has 78 valence electrons. The Morgan fingerprint density at radius 3 is 3.00 bits per heavy atom. The van der Waals surface area contributed by atoms with Crippen LogP contribution in [0.5, 0.6) is 0 Å². The first kappa shape index (κ1) is 10.7. The maximum atomic E-state index is 13.2. The van der Waals surface area contributed by atoms with Gasteiger partial charge in [-0.15, -0.1) is 0 Å². The number of alkyl halides is 1. The van der Waals surface area contributed by atoms with E-state index in [1.807, 2.05) is 0 Å². The van der Waals surface area contributed by atoms with E-state index in [4.69, 9.17) is 0 Å². The lowest BCUT2D eigenvalue weighted by molar-refractivity contribution is -0.149. The molecule has 0 aliphatic heterocycles. The molecule has 1 aromatic heterocycles. The van der Waals surface area contributed by atoms with Gasteiger partial charge in [-0.3, -0.25) is 0 Å². The Morgan fingerprint density at radius 2 is 2.50 bits per heavy atom. The molecule has 0 radical (unpaired) electrons. The largest absolute Gasteiger partial charge is 0.464 e. The van der Waals surface area contributed by atoms with Crippen LogP contribution in [0.15, 0.2) is 12.4 Å². The number of imidazole rings is 1. The van der Waals surface area contributed by atoms with E-state index >= 15 is 0 Å². The zero-order chi connectivity index (χ0) is 10.6. The van der Waals surface area contributed by atoms with E-state index in [1.165, 1.54) is 0 Å². The third-order valence-corrected chi connectivity index (χ3v) is 1.83. The van der Waals surface area contributed by atoms with Crippen LogP contribution in [0.1, 0.15) is 12.7 Å². The molecule has 0 saturated carbocycles. The summed E-state index contributed by atoms with van der Waals surface area (Å²) in [5, 5.41) is 0. The molecule has 1 heterocycles. The van der Waals surface area contributed by atoms with E-state index in [0.717, 1.165) is 0 Å². The summed E-state index contributed by atoms with van der Waals surface area (Å²) in [6.07, 6.45) is 1.60. The Labute approximate surface area is 81.7 Å². The SMILES string of the molecule is CCOC(=O)C(F)Cc1nccn1C. The number of halogens is 1. The normalized spacial score (nSPS) is 12.5. The molecule has 0 fully saturated rings. The summed E-state index contributed by atoms with van der Waals surface area (Å²) in [6.45, 7) is 1.84. The molecule has 0 spiro atoms. The summed E-state index contributed by atoms with van der Waals surface area (Å²) in [5.74, 6) is -0.291. The molecular formula is C9H13FN2O2. The quantitative estimate of drug-likeness (QED) is 0.677. The molecule has 0 amide bonds. The zero-order valence-electron chi connectivity index (χ0n) is 8.24. The Balaban J connectivity index is 2.52. The van der Waals surface area contributed by atoms with Crippen LogP contribution >= 0.6 is 0 Å². The molecule has 0 aromatic carbocycles. The molecule has 1 atom stereocenters. The summed E-state index contributed by atoms with van der Waals surface area (Å²) in [4.78, 5) is 14.9. The van der Waals surface area contributed by atoms with Crippen molar-refractivity contribution in [3.63, 3.8) is 0 Å². The highest BCUT2D eigenvalue weighted by atomic mass is 19.1. The molecule has 0 aliphatic carbocycles. The van der Waals surface area contributed by atoms with E-state index in [2.05, 4.69) is 9.72 Å². The topological polar surface area (TPSA) is 44.1 Å². The smallest absolute Gasteiger partial charge is 0.341 e. The fraction of sp³-hybridized carbons (Fsp3) is 0.556. The van der Waals surface area contributed by atoms with Gasteiger partial charge in [0.05, 0.1) is 6.61 Å². The summed E-state index contributed by atoms with van der Waals surface area (Å²) >= 11 is 0. The molecule has 5 heteroatoms. The number of hydrogen-bond acceptors (Lipinski definition) is 3. The number of nitrogens with zero attached hydrogens (tertiary/aromatic N) is 2. The van der Waals surface area contributed by atoms with E-state index in [-0.39, 0.29) is 13.0 Å². The van der Waals surface area contributed by atoms with Crippen LogP contribution in [0.2, 0.25) is 0 Å². The van der Waals surface area contributed by atoms with Crippen molar-refractivity contribution in [3.05, 3.63) is 18.2 Å². The first-order valence-electron chi connectivity index (χ1n) is 4.42. The van der Waals surface area contributed by atoms with Crippen molar-refractivity contribution >= 4 is 5.97 Å². The lowest BCUT2D eigenvalue weighted by Gasteiger charge is -2.06. The second kappa shape index (κ2) is 4.74. The molecule has 0 saturated heterocycles. The molecule has 0 aliphatic rings. The summed E-state index contributed by atoms with van der Waals surface area (Å²) in [6, 6.07) is 0. The van der Waals surface area contributed by atoms with Gasteiger partial charge < -0.3 is 9.30 Å². The predicted octanol–water partition coefficient (Wildman–Crippen LogP) is 0.864. The van der Waals surface area contributed by atoms with Gasteiger partial charge in [0, 0.05) is 25.9 Å². The summed E-state index contributed by atoms with van der Waals surface area (Å²) in [5.41, 5.74) is 0. The number of carbonyl (C=O) groups excluding carboxylic acids is 1. The number of aryl methyl sites for hydroxylation is 1. The third kappa shape index (κ3) is 2.55. The predicted molar refractivity (Wildman–Crippen MR) is 48.4 cm³/mol. The van der Waals surface area contributed by atoms with Gasteiger partial charge in [-0.1, -0.05) is 0 Å². The Hall–Kier alpha value is -1.39. The van der Waals surface area contributed by atoms with Crippen LogP contribution in [0.25, 0.3) is 0 Å². The minimum atomic E-state index is -1.63. The monoisotopic (exact) mass is 200 g/mol.